The Labute approximate surface area is 156 Å². The molecule has 7 heteroatoms. The zero-order chi connectivity index (χ0) is 19.2. The summed E-state index contributed by atoms with van der Waals surface area (Å²) in [4.78, 5) is 20.9. The smallest absolute Gasteiger partial charge is 0.351 e. The summed E-state index contributed by atoms with van der Waals surface area (Å²) in [6.45, 7) is 1.88. The van der Waals surface area contributed by atoms with Gasteiger partial charge >= 0.3 is 5.97 Å². The average molecular weight is 365 g/mol. The summed E-state index contributed by atoms with van der Waals surface area (Å²) in [6, 6.07) is 13.9. The molecule has 0 aliphatic carbocycles. The predicted octanol–water partition coefficient (Wildman–Crippen LogP) is 3.77. The summed E-state index contributed by atoms with van der Waals surface area (Å²) in [7, 11) is 2.97. The number of carbonyl (C=O) groups excluding carboxylic acids is 1. The van der Waals surface area contributed by atoms with Crippen LogP contribution in [-0.2, 0) is 0 Å². The number of anilines is 2. The first-order valence-corrected chi connectivity index (χ1v) is 8.19. The molecule has 0 bridgehead atoms. The Morgan fingerprint density at radius 1 is 0.963 bits per heavy atom. The molecule has 3 rings (SSSR count). The number of methoxy groups -OCH3 is 2. The van der Waals surface area contributed by atoms with Crippen LogP contribution in [0.15, 0.2) is 54.9 Å². The van der Waals surface area contributed by atoms with Gasteiger partial charge in [-0.2, -0.15) is 0 Å². The molecule has 0 spiro atoms. The van der Waals surface area contributed by atoms with Gasteiger partial charge in [0.1, 0.15) is 35.0 Å². The quantitative estimate of drug-likeness (QED) is 0.526. The van der Waals surface area contributed by atoms with Crippen LogP contribution in [-0.4, -0.2) is 30.2 Å². The third kappa shape index (κ3) is 4.33. The lowest BCUT2D eigenvalue weighted by Crippen LogP contribution is -2.12. The van der Waals surface area contributed by atoms with Gasteiger partial charge in [0.2, 0.25) is 0 Å². The van der Waals surface area contributed by atoms with Crippen LogP contribution in [0.1, 0.15) is 16.1 Å². The van der Waals surface area contributed by atoms with E-state index in [1.54, 1.807) is 36.4 Å². The number of esters is 1. The number of aryl methyl sites for hydroxylation is 1. The zero-order valence-electron chi connectivity index (χ0n) is 15.2. The Morgan fingerprint density at radius 3 is 2.33 bits per heavy atom. The standard InChI is InChI=1S/C20H19N3O4/c1-13-10-18(22-12-21-13)23-14-6-4-7-15(11-14)27-20(24)19-16(25-2)8-5-9-17(19)26-3/h4-12H,1-3H3,(H,21,22,23). The Hall–Kier alpha value is -3.61. The van der Waals surface area contributed by atoms with E-state index in [-0.39, 0.29) is 5.56 Å². The molecule has 0 amide bonds. The lowest BCUT2D eigenvalue weighted by atomic mass is 10.1. The molecule has 0 fully saturated rings. The third-order valence-electron chi connectivity index (χ3n) is 3.75. The molecule has 2 aromatic carbocycles. The molecule has 3 aromatic rings. The van der Waals surface area contributed by atoms with Crippen molar-refractivity contribution in [1.29, 1.82) is 0 Å². The van der Waals surface area contributed by atoms with Crippen molar-refractivity contribution in [3.05, 3.63) is 66.1 Å². The second-order valence-corrected chi connectivity index (χ2v) is 5.62. The highest BCUT2D eigenvalue weighted by Crippen LogP contribution is 2.30. The summed E-state index contributed by atoms with van der Waals surface area (Å²) in [5, 5.41) is 3.15. The van der Waals surface area contributed by atoms with Crippen molar-refractivity contribution < 1.29 is 19.0 Å². The Bertz CT molecular complexity index is 937. The first kappa shape index (κ1) is 18.2. The summed E-state index contributed by atoms with van der Waals surface area (Å²) in [6.07, 6.45) is 1.48. The van der Waals surface area contributed by atoms with E-state index in [0.717, 1.165) is 11.4 Å². The lowest BCUT2D eigenvalue weighted by molar-refractivity contribution is 0.0727. The number of hydrogen-bond donors (Lipinski definition) is 1. The Kier molecular flexibility index (Phi) is 5.51. The highest BCUT2D eigenvalue weighted by atomic mass is 16.5. The number of benzene rings is 2. The van der Waals surface area contributed by atoms with Gasteiger partial charge in [-0.3, -0.25) is 0 Å². The maximum absolute atomic E-state index is 12.7. The minimum Gasteiger partial charge on any atom is -0.496 e. The van der Waals surface area contributed by atoms with Crippen LogP contribution >= 0.6 is 0 Å². The summed E-state index contributed by atoms with van der Waals surface area (Å²) >= 11 is 0. The Morgan fingerprint density at radius 2 is 1.67 bits per heavy atom. The molecule has 0 atom stereocenters. The molecule has 138 valence electrons. The van der Waals surface area contributed by atoms with Gasteiger partial charge in [-0.15, -0.1) is 0 Å². The third-order valence-corrected chi connectivity index (χ3v) is 3.75. The van der Waals surface area contributed by atoms with E-state index in [2.05, 4.69) is 15.3 Å². The van der Waals surface area contributed by atoms with Gasteiger partial charge in [-0.1, -0.05) is 12.1 Å². The van der Waals surface area contributed by atoms with Crippen LogP contribution in [0.3, 0.4) is 0 Å². The predicted molar refractivity (Wildman–Crippen MR) is 101 cm³/mol. The summed E-state index contributed by atoms with van der Waals surface area (Å²) in [5.41, 5.74) is 1.80. The van der Waals surface area contributed by atoms with Crippen LogP contribution in [0.2, 0.25) is 0 Å². The number of aromatic nitrogens is 2. The number of carbonyl (C=O) groups is 1. The molecule has 0 saturated carbocycles. The molecule has 1 N–H and O–H groups in total. The van der Waals surface area contributed by atoms with Crippen molar-refractivity contribution in [1.82, 2.24) is 9.97 Å². The van der Waals surface area contributed by atoms with Crippen LogP contribution in [0, 0.1) is 6.92 Å². The number of rotatable bonds is 6. The van der Waals surface area contributed by atoms with Gasteiger partial charge in [0.15, 0.2) is 0 Å². The molecule has 0 saturated heterocycles. The van der Waals surface area contributed by atoms with Gasteiger partial charge in [-0.25, -0.2) is 14.8 Å². The zero-order valence-corrected chi connectivity index (χ0v) is 15.2. The normalized spacial score (nSPS) is 10.2. The van der Waals surface area contributed by atoms with Gasteiger partial charge < -0.3 is 19.5 Å². The molecule has 0 radical (unpaired) electrons. The van der Waals surface area contributed by atoms with Crippen LogP contribution in [0.4, 0.5) is 11.5 Å². The van der Waals surface area contributed by atoms with Gasteiger partial charge in [0.05, 0.1) is 14.2 Å². The largest absolute Gasteiger partial charge is 0.496 e. The minimum atomic E-state index is -0.570. The van der Waals surface area contributed by atoms with Gasteiger partial charge in [-0.05, 0) is 31.2 Å². The molecule has 1 heterocycles. The first-order chi connectivity index (χ1) is 13.1. The number of hydrogen-bond acceptors (Lipinski definition) is 7. The SMILES string of the molecule is COc1cccc(OC)c1C(=O)Oc1cccc(Nc2cc(C)ncn2)c1. The van der Waals surface area contributed by atoms with Crippen LogP contribution in [0.25, 0.3) is 0 Å². The maximum Gasteiger partial charge on any atom is 0.351 e. The summed E-state index contributed by atoms with van der Waals surface area (Å²) < 4.78 is 16.0. The molecule has 0 aliphatic heterocycles. The molecule has 1 aromatic heterocycles. The highest BCUT2D eigenvalue weighted by Gasteiger charge is 2.20. The van der Waals surface area contributed by atoms with Crippen molar-refractivity contribution in [2.24, 2.45) is 0 Å². The van der Waals surface area contributed by atoms with E-state index < -0.39 is 5.97 Å². The van der Waals surface area contributed by atoms with Gasteiger partial charge in [0, 0.05) is 23.5 Å². The second-order valence-electron chi connectivity index (χ2n) is 5.62. The van der Waals surface area contributed by atoms with Crippen LogP contribution < -0.4 is 19.5 Å². The maximum atomic E-state index is 12.7. The van der Waals surface area contributed by atoms with E-state index in [4.69, 9.17) is 14.2 Å². The van der Waals surface area contributed by atoms with Crippen molar-refractivity contribution in [2.45, 2.75) is 6.92 Å². The topological polar surface area (TPSA) is 82.6 Å². The lowest BCUT2D eigenvalue weighted by Gasteiger charge is -2.13. The number of nitrogens with one attached hydrogen (secondary N) is 1. The van der Waals surface area contributed by atoms with Crippen molar-refractivity contribution in [2.75, 3.05) is 19.5 Å². The number of ether oxygens (including phenoxy) is 3. The molecular weight excluding hydrogens is 346 g/mol. The van der Waals surface area contributed by atoms with E-state index in [9.17, 15) is 4.79 Å². The Balaban J connectivity index is 1.81. The van der Waals surface area contributed by atoms with Crippen molar-refractivity contribution >= 4 is 17.5 Å². The highest BCUT2D eigenvalue weighted by molar-refractivity contribution is 5.97. The first-order valence-electron chi connectivity index (χ1n) is 8.19. The van der Waals surface area contributed by atoms with Gasteiger partial charge in [0.25, 0.3) is 0 Å². The molecular formula is C20H19N3O4. The average Bonchev–Trinajstić information content (AvgIpc) is 2.67. The van der Waals surface area contributed by atoms with E-state index in [1.165, 1.54) is 20.5 Å². The molecule has 7 nitrogen and oxygen atoms in total. The van der Waals surface area contributed by atoms with Crippen molar-refractivity contribution in [3.63, 3.8) is 0 Å². The second kappa shape index (κ2) is 8.18. The van der Waals surface area contributed by atoms with Crippen molar-refractivity contribution in [3.8, 4) is 17.2 Å². The monoisotopic (exact) mass is 365 g/mol. The van der Waals surface area contributed by atoms with E-state index in [0.29, 0.717) is 23.1 Å². The van der Waals surface area contributed by atoms with E-state index >= 15 is 0 Å². The fraction of sp³-hybridized carbons (Fsp3) is 0.150. The fourth-order valence-corrected chi connectivity index (χ4v) is 2.52. The minimum absolute atomic E-state index is 0.229. The molecule has 0 aliphatic rings. The molecule has 0 unspecified atom stereocenters. The summed E-state index contributed by atoms with van der Waals surface area (Å²) in [5.74, 6) is 1.22. The number of nitrogens with zero attached hydrogens (tertiary/aromatic N) is 2. The molecule has 27 heavy (non-hydrogen) atoms. The van der Waals surface area contributed by atoms with E-state index in [1.807, 2.05) is 19.1 Å². The van der Waals surface area contributed by atoms with Crippen LogP contribution in [0.5, 0.6) is 17.2 Å². The fourth-order valence-electron chi connectivity index (χ4n) is 2.52.